The number of aliphatic hydroxyl groups is 1. The van der Waals surface area contributed by atoms with Crippen LogP contribution in [-0.2, 0) is 4.79 Å². The van der Waals surface area contributed by atoms with Crippen molar-refractivity contribution in [3.63, 3.8) is 0 Å². The molecule has 1 aliphatic heterocycles. The Balaban J connectivity index is 1.94. The second-order valence-corrected chi connectivity index (χ2v) is 10.3. The monoisotopic (exact) mass is 432 g/mol. The summed E-state index contributed by atoms with van der Waals surface area (Å²) >= 11 is 1.49. The second-order valence-electron chi connectivity index (χ2n) is 9.35. The molecule has 2 amide bonds. The lowest BCUT2D eigenvalue weighted by atomic mass is 9.80. The normalized spacial score (nSPS) is 24.5. The van der Waals surface area contributed by atoms with Gasteiger partial charge >= 0.3 is 0 Å². The molecule has 2 heterocycles. The summed E-state index contributed by atoms with van der Waals surface area (Å²) in [7, 11) is 0. The van der Waals surface area contributed by atoms with Crippen molar-refractivity contribution in [2.75, 3.05) is 6.54 Å². The van der Waals surface area contributed by atoms with Crippen molar-refractivity contribution >= 4 is 23.2 Å². The van der Waals surface area contributed by atoms with Crippen LogP contribution >= 0.6 is 11.3 Å². The number of nitrogens with zero attached hydrogens (tertiary/aromatic N) is 1. The van der Waals surface area contributed by atoms with E-state index in [9.17, 15) is 19.1 Å². The number of thiophene rings is 1. The highest BCUT2D eigenvalue weighted by Crippen LogP contribution is 2.40. The standard InChI is InChI=1S/C23H29FN2O3S/c1-22(2,3)14-18(27)26-12-11-23(4,29)20(19(26)17-6-5-13-30-17)25-21(28)15-7-9-16(24)10-8-15/h5-10,13,19-20,29H,11-12,14H2,1-4H3,(H,25,28)/t19-,20-,23+/m0/s1. The Labute approximate surface area is 180 Å². The van der Waals surface area contributed by atoms with Gasteiger partial charge in [-0.1, -0.05) is 26.8 Å². The summed E-state index contributed by atoms with van der Waals surface area (Å²) in [5.74, 6) is -0.837. The summed E-state index contributed by atoms with van der Waals surface area (Å²) in [5.41, 5.74) is -1.08. The largest absolute Gasteiger partial charge is 0.388 e. The number of amides is 2. The van der Waals surface area contributed by atoms with Gasteiger partial charge < -0.3 is 15.3 Å². The molecule has 3 rings (SSSR count). The predicted octanol–water partition coefficient (Wildman–Crippen LogP) is 4.15. The average molecular weight is 433 g/mol. The van der Waals surface area contributed by atoms with Gasteiger partial charge in [0, 0.05) is 23.4 Å². The molecule has 5 nitrogen and oxygen atoms in total. The first-order valence-electron chi connectivity index (χ1n) is 10.1. The van der Waals surface area contributed by atoms with Crippen molar-refractivity contribution < 1.29 is 19.1 Å². The number of benzene rings is 1. The molecule has 1 aromatic heterocycles. The van der Waals surface area contributed by atoms with Crippen LogP contribution in [0.5, 0.6) is 0 Å². The number of hydrogen-bond acceptors (Lipinski definition) is 4. The van der Waals surface area contributed by atoms with Crippen molar-refractivity contribution in [1.29, 1.82) is 0 Å². The van der Waals surface area contributed by atoms with Gasteiger partial charge in [-0.15, -0.1) is 11.3 Å². The van der Waals surface area contributed by atoms with Crippen LogP contribution in [0.3, 0.4) is 0 Å². The number of nitrogens with one attached hydrogen (secondary N) is 1. The molecule has 1 fully saturated rings. The van der Waals surface area contributed by atoms with E-state index < -0.39 is 29.4 Å². The summed E-state index contributed by atoms with van der Waals surface area (Å²) < 4.78 is 13.2. The van der Waals surface area contributed by atoms with Crippen molar-refractivity contribution in [3.05, 3.63) is 58.0 Å². The highest BCUT2D eigenvalue weighted by atomic mass is 32.1. The smallest absolute Gasteiger partial charge is 0.251 e. The molecule has 1 saturated heterocycles. The van der Waals surface area contributed by atoms with Crippen molar-refractivity contribution in [2.45, 2.75) is 58.2 Å². The number of halogens is 1. The first kappa shape index (κ1) is 22.4. The minimum atomic E-state index is -1.21. The summed E-state index contributed by atoms with van der Waals surface area (Å²) in [4.78, 5) is 28.7. The molecule has 30 heavy (non-hydrogen) atoms. The van der Waals surface area contributed by atoms with E-state index >= 15 is 0 Å². The lowest BCUT2D eigenvalue weighted by molar-refractivity contribution is -0.144. The molecule has 1 aliphatic rings. The van der Waals surface area contributed by atoms with E-state index in [0.717, 1.165) is 4.88 Å². The average Bonchev–Trinajstić information content (AvgIpc) is 3.16. The van der Waals surface area contributed by atoms with Gasteiger partial charge in [-0.05, 0) is 54.5 Å². The topological polar surface area (TPSA) is 69.6 Å². The van der Waals surface area contributed by atoms with Crippen LogP contribution in [-0.4, -0.2) is 40.0 Å². The van der Waals surface area contributed by atoms with Crippen LogP contribution in [0.4, 0.5) is 4.39 Å². The van der Waals surface area contributed by atoms with Crippen LogP contribution in [0.15, 0.2) is 41.8 Å². The number of carbonyl (C=O) groups excluding carboxylic acids is 2. The Bertz CT molecular complexity index is 888. The molecule has 7 heteroatoms. The lowest BCUT2D eigenvalue weighted by Gasteiger charge is -2.49. The molecule has 2 N–H and O–H groups in total. The number of piperidine rings is 1. The summed E-state index contributed by atoms with van der Waals surface area (Å²) in [6.45, 7) is 8.14. The Morgan fingerprint density at radius 1 is 1.27 bits per heavy atom. The van der Waals surface area contributed by atoms with Gasteiger partial charge in [0.1, 0.15) is 5.82 Å². The van der Waals surface area contributed by atoms with Crippen LogP contribution in [0, 0.1) is 11.2 Å². The highest BCUT2D eigenvalue weighted by Gasteiger charge is 2.48. The Hall–Kier alpha value is -2.25. The zero-order chi connectivity index (χ0) is 22.1. The molecule has 2 aromatic rings. The van der Waals surface area contributed by atoms with Gasteiger partial charge in [-0.3, -0.25) is 9.59 Å². The maximum atomic E-state index is 13.2. The molecular formula is C23H29FN2O3S. The third-order valence-electron chi connectivity index (χ3n) is 5.41. The van der Waals surface area contributed by atoms with Crippen LogP contribution in [0.1, 0.15) is 61.8 Å². The highest BCUT2D eigenvalue weighted by molar-refractivity contribution is 7.10. The molecule has 0 saturated carbocycles. The fourth-order valence-corrected chi connectivity index (χ4v) is 4.71. The van der Waals surface area contributed by atoms with Crippen molar-refractivity contribution in [1.82, 2.24) is 10.2 Å². The minimum absolute atomic E-state index is 0.00238. The zero-order valence-corrected chi connectivity index (χ0v) is 18.6. The molecule has 0 unspecified atom stereocenters. The van der Waals surface area contributed by atoms with Crippen LogP contribution in [0.25, 0.3) is 0 Å². The van der Waals surface area contributed by atoms with Gasteiger partial charge in [0.25, 0.3) is 5.91 Å². The molecule has 162 valence electrons. The maximum Gasteiger partial charge on any atom is 0.251 e. The lowest BCUT2D eigenvalue weighted by Crippen LogP contribution is -2.63. The van der Waals surface area contributed by atoms with Gasteiger partial charge in [-0.25, -0.2) is 4.39 Å². The fraction of sp³-hybridized carbons (Fsp3) is 0.478. The number of rotatable bonds is 4. The van der Waals surface area contributed by atoms with E-state index in [2.05, 4.69) is 5.32 Å². The quantitative estimate of drug-likeness (QED) is 0.763. The summed E-state index contributed by atoms with van der Waals surface area (Å²) in [5, 5.41) is 16.0. The van der Waals surface area contributed by atoms with E-state index in [1.807, 2.05) is 38.3 Å². The summed E-state index contributed by atoms with van der Waals surface area (Å²) in [6.07, 6.45) is 0.717. The third-order valence-corrected chi connectivity index (χ3v) is 6.35. The third kappa shape index (κ3) is 5.08. The number of likely N-dealkylation sites (tertiary alicyclic amines) is 1. The van der Waals surface area contributed by atoms with Crippen molar-refractivity contribution in [2.24, 2.45) is 5.41 Å². The second kappa shape index (κ2) is 8.47. The predicted molar refractivity (Wildman–Crippen MR) is 116 cm³/mol. The van der Waals surface area contributed by atoms with Gasteiger partial charge in [-0.2, -0.15) is 0 Å². The van der Waals surface area contributed by atoms with Gasteiger partial charge in [0.15, 0.2) is 0 Å². The first-order valence-corrected chi connectivity index (χ1v) is 11.0. The van der Waals surface area contributed by atoms with E-state index in [1.165, 1.54) is 35.6 Å². The van der Waals surface area contributed by atoms with Crippen LogP contribution < -0.4 is 5.32 Å². The molecular weight excluding hydrogens is 403 g/mol. The number of carbonyl (C=O) groups is 2. The van der Waals surface area contributed by atoms with Gasteiger partial charge in [0.2, 0.25) is 5.91 Å². The van der Waals surface area contributed by atoms with E-state index in [4.69, 9.17) is 0 Å². The minimum Gasteiger partial charge on any atom is -0.388 e. The fourth-order valence-electron chi connectivity index (χ4n) is 3.83. The Morgan fingerprint density at radius 3 is 2.50 bits per heavy atom. The Morgan fingerprint density at radius 2 is 1.93 bits per heavy atom. The van der Waals surface area contributed by atoms with E-state index in [1.54, 1.807) is 11.8 Å². The van der Waals surface area contributed by atoms with E-state index in [0.29, 0.717) is 24.9 Å². The SMILES string of the molecule is CC(C)(C)CC(=O)N1CC[C@@](C)(O)[C@@H](NC(=O)c2ccc(F)cc2)[C@@H]1c1cccs1. The molecule has 0 radical (unpaired) electrons. The summed E-state index contributed by atoms with van der Waals surface area (Å²) in [6, 6.07) is 7.91. The first-order chi connectivity index (χ1) is 14.0. The molecule has 0 bridgehead atoms. The van der Waals surface area contributed by atoms with Crippen molar-refractivity contribution in [3.8, 4) is 0 Å². The van der Waals surface area contributed by atoms with E-state index in [-0.39, 0.29) is 11.3 Å². The number of hydrogen-bond donors (Lipinski definition) is 2. The molecule has 3 atom stereocenters. The Kier molecular flexibility index (Phi) is 6.34. The molecule has 0 aliphatic carbocycles. The maximum absolute atomic E-state index is 13.2. The molecule has 1 aromatic carbocycles. The molecule has 0 spiro atoms. The van der Waals surface area contributed by atoms with Gasteiger partial charge in [0.05, 0.1) is 17.7 Å². The van der Waals surface area contributed by atoms with Crippen LogP contribution in [0.2, 0.25) is 0 Å². The zero-order valence-electron chi connectivity index (χ0n) is 17.8.